The summed E-state index contributed by atoms with van der Waals surface area (Å²) in [7, 11) is 0. The fourth-order valence-electron chi connectivity index (χ4n) is 3.15. The Morgan fingerprint density at radius 1 is 1.04 bits per heavy atom. The standard InChI is InChI=1S/C21H26N2O/c1-21(2,3)18-8-10-19(11-9-18)22-20(24)15-23-13-12-16-6-4-5-7-17(16)14-23/h4-11H,12-15H2,1-3H3,(H,22,24). The number of hydrogen-bond acceptors (Lipinski definition) is 2. The highest BCUT2D eigenvalue weighted by molar-refractivity contribution is 5.92. The van der Waals surface area contributed by atoms with Gasteiger partial charge in [-0.1, -0.05) is 57.2 Å². The summed E-state index contributed by atoms with van der Waals surface area (Å²) in [4.78, 5) is 14.5. The maximum Gasteiger partial charge on any atom is 0.238 e. The topological polar surface area (TPSA) is 32.3 Å². The second-order valence-corrected chi connectivity index (χ2v) is 7.60. The van der Waals surface area contributed by atoms with Gasteiger partial charge in [-0.15, -0.1) is 0 Å². The third kappa shape index (κ3) is 4.04. The first-order valence-electron chi connectivity index (χ1n) is 8.61. The van der Waals surface area contributed by atoms with E-state index in [-0.39, 0.29) is 11.3 Å². The van der Waals surface area contributed by atoms with Gasteiger partial charge in [0.25, 0.3) is 0 Å². The zero-order valence-corrected chi connectivity index (χ0v) is 14.8. The number of hydrogen-bond donors (Lipinski definition) is 1. The maximum absolute atomic E-state index is 12.3. The summed E-state index contributed by atoms with van der Waals surface area (Å²) in [6, 6.07) is 16.7. The Bertz CT molecular complexity index is 713. The molecule has 126 valence electrons. The van der Waals surface area contributed by atoms with Crippen LogP contribution in [0.25, 0.3) is 0 Å². The molecule has 0 aliphatic carbocycles. The van der Waals surface area contributed by atoms with Gasteiger partial charge in [0.1, 0.15) is 0 Å². The van der Waals surface area contributed by atoms with E-state index >= 15 is 0 Å². The van der Waals surface area contributed by atoms with Crippen LogP contribution < -0.4 is 5.32 Å². The van der Waals surface area contributed by atoms with Crippen LogP contribution in [-0.4, -0.2) is 23.9 Å². The second kappa shape index (κ2) is 6.78. The zero-order chi connectivity index (χ0) is 17.2. The Kier molecular flexibility index (Phi) is 4.72. The van der Waals surface area contributed by atoms with E-state index in [1.165, 1.54) is 16.7 Å². The summed E-state index contributed by atoms with van der Waals surface area (Å²) in [5.41, 5.74) is 5.01. The SMILES string of the molecule is CC(C)(C)c1ccc(NC(=O)CN2CCc3ccccc3C2)cc1. The predicted molar refractivity (Wildman–Crippen MR) is 99.2 cm³/mol. The molecule has 0 unspecified atom stereocenters. The Labute approximate surface area is 144 Å². The molecule has 0 fully saturated rings. The Hall–Kier alpha value is -2.13. The molecule has 0 spiro atoms. The van der Waals surface area contributed by atoms with Gasteiger partial charge in [0, 0.05) is 18.8 Å². The van der Waals surface area contributed by atoms with Gasteiger partial charge in [-0.3, -0.25) is 9.69 Å². The number of anilines is 1. The molecule has 0 aromatic heterocycles. The van der Waals surface area contributed by atoms with Crippen molar-refractivity contribution in [2.24, 2.45) is 0 Å². The summed E-state index contributed by atoms with van der Waals surface area (Å²) in [6.45, 7) is 8.80. The number of rotatable bonds is 3. The molecule has 1 heterocycles. The number of nitrogens with zero attached hydrogens (tertiary/aromatic N) is 1. The fraction of sp³-hybridized carbons (Fsp3) is 0.381. The molecule has 24 heavy (non-hydrogen) atoms. The van der Waals surface area contributed by atoms with Crippen LogP contribution in [-0.2, 0) is 23.2 Å². The van der Waals surface area contributed by atoms with Crippen LogP contribution in [0.4, 0.5) is 5.69 Å². The molecule has 2 aromatic rings. The van der Waals surface area contributed by atoms with Gasteiger partial charge >= 0.3 is 0 Å². The average Bonchev–Trinajstić information content (AvgIpc) is 2.54. The van der Waals surface area contributed by atoms with Crippen LogP contribution in [0.3, 0.4) is 0 Å². The summed E-state index contributed by atoms with van der Waals surface area (Å²) < 4.78 is 0. The summed E-state index contributed by atoms with van der Waals surface area (Å²) in [6.07, 6.45) is 1.02. The quantitative estimate of drug-likeness (QED) is 0.927. The van der Waals surface area contributed by atoms with Gasteiger partial charge in [-0.25, -0.2) is 0 Å². The predicted octanol–water partition coefficient (Wildman–Crippen LogP) is 3.98. The lowest BCUT2D eigenvalue weighted by Gasteiger charge is -2.28. The van der Waals surface area contributed by atoms with Gasteiger partial charge in [0.15, 0.2) is 0 Å². The van der Waals surface area contributed by atoms with Crippen LogP contribution >= 0.6 is 0 Å². The highest BCUT2D eigenvalue weighted by Crippen LogP contribution is 2.23. The van der Waals surface area contributed by atoms with Gasteiger partial charge in [0.2, 0.25) is 5.91 Å². The lowest BCUT2D eigenvalue weighted by molar-refractivity contribution is -0.117. The van der Waals surface area contributed by atoms with Gasteiger partial charge in [0.05, 0.1) is 6.54 Å². The number of benzene rings is 2. The van der Waals surface area contributed by atoms with E-state index in [0.29, 0.717) is 6.54 Å². The molecule has 2 aromatic carbocycles. The molecular formula is C21H26N2O. The van der Waals surface area contributed by atoms with Crippen molar-refractivity contribution < 1.29 is 4.79 Å². The minimum atomic E-state index is 0.0536. The minimum Gasteiger partial charge on any atom is -0.325 e. The monoisotopic (exact) mass is 322 g/mol. The van der Waals surface area contributed by atoms with E-state index in [1.807, 2.05) is 12.1 Å². The Morgan fingerprint density at radius 3 is 2.38 bits per heavy atom. The Balaban J connectivity index is 1.57. The summed E-state index contributed by atoms with van der Waals surface area (Å²) in [5, 5.41) is 3.01. The number of nitrogens with one attached hydrogen (secondary N) is 1. The van der Waals surface area contributed by atoms with Crippen molar-refractivity contribution in [2.45, 2.75) is 39.2 Å². The van der Waals surface area contributed by atoms with Crippen molar-refractivity contribution in [1.29, 1.82) is 0 Å². The maximum atomic E-state index is 12.3. The third-order valence-corrected chi connectivity index (χ3v) is 4.61. The van der Waals surface area contributed by atoms with Crippen LogP contribution in [0.2, 0.25) is 0 Å². The molecule has 0 saturated heterocycles. The van der Waals surface area contributed by atoms with Crippen molar-refractivity contribution in [3.63, 3.8) is 0 Å². The fourth-order valence-corrected chi connectivity index (χ4v) is 3.15. The van der Waals surface area contributed by atoms with Gasteiger partial charge in [-0.05, 0) is 40.7 Å². The molecule has 1 aliphatic heterocycles. The van der Waals surface area contributed by atoms with Crippen molar-refractivity contribution in [1.82, 2.24) is 4.90 Å². The highest BCUT2D eigenvalue weighted by Gasteiger charge is 2.18. The van der Waals surface area contributed by atoms with E-state index < -0.39 is 0 Å². The summed E-state index contributed by atoms with van der Waals surface area (Å²) in [5.74, 6) is 0.0536. The van der Waals surface area contributed by atoms with Crippen LogP contribution in [0.5, 0.6) is 0 Å². The summed E-state index contributed by atoms with van der Waals surface area (Å²) >= 11 is 0. The minimum absolute atomic E-state index is 0.0536. The van der Waals surface area contributed by atoms with E-state index in [1.54, 1.807) is 0 Å². The third-order valence-electron chi connectivity index (χ3n) is 4.61. The first kappa shape index (κ1) is 16.7. The van der Waals surface area contributed by atoms with E-state index in [9.17, 15) is 4.79 Å². The zero-order valence-electron chi connectivity index (χ0n) is 14.8. The van der Waals surface area contributed by atoms with Crippen LogP contribution in [0, 0.1) is 0 Å². The highest BCUT2D eigenvalue weighted by atomic mass is 16.2. The lowest BCUT2D eigenvalue weighted by atomic mass is 9.87. The van der Waals surface area contributed by atoms with Gasteiger partial charge < -0.3 is 5.32 Å². The molecule has 1 amide bonds. The first-order chi connectivity index (χ1) is 11.4. The molecule has 3 rings (SSSR count). The largest absolute Gasteiger partial charge is 0.325 e. The molecule has 0 bridgehead atoms. The number of carbonyl (C=O) groups is 1. The van der Waals surface area contributed by atoms with Crippen LogP contribution in [0.15, 0.2) is 48.5 Å². The molecule has 0 saturated carbocycles. The van der Waals surface area contributed by atoms with Crippen molar-refractivity contribution in [2.75, 3.05) is 18.4 Å². The van der Waals surface area contributed by atoms with E-state index in [0.717, 1.165) is 25.2 Å². The molecule has 0 radical (unpaired) electrons. The van der Waals surface area contributed by atoms with Crippen molar-refractivity contribution >= 4 is 11.6 Å². The van der Waals surface area contributed by atoms with Crippen molar-refractivity contribution in [3.8, 4) is 0 Å². The molecule has 0 atom stereocenters. The molecular weight excluding hydrogens is 296 g/mol. The van der Waals surface area contributed by atoms with Gasteiger partial charge in [-0.2, -0.15) is 0 Å². The molecule has 1 aliphatic rings. The lowest BCUT2D eigenvalue weighted by Crippen LogP contribution is -2.37. The van der Waals surface area contributed by atoms with E-state index in [4.69, 9.17) is 0 Å². The number of carbonyl (C=O) groups excluding carboxylic acids is 1. The normalized spacial score (nSPS) is 15.0. The first-order valence-corrected chi connectivity index (χ1v) is 8.61. The van der Waals surface area contributed by atoms with Crippen LogP contribution in [0.1, 0.15) is 37.5 Å². The Morgan fingerprint density at radius 2 is 1.71 bits per heavy atom. The molecule has 3 heteroatoms. The number of amides is 1. The van der Waals surface area contributed by atoms with E-state index in [2.05, 4.69) is 67.4 Å². The molecule has 1 N–H and O–H groups in total. The van der Waals surface area contributed by atoms with Crippen molar-refractivity contribution in [3.05, 3.63) is 65.2 Å². The average molecular weight is 322 g/mol. The second-order valence-electron chi connectivity index (χ2n) is 7.60. The smallest absolute Gasteiger partial charge is 0.238 e. The molecule has 3 nitrogen and oxygen atoms in total. The number of fused-ring (bicyclic) bond motifs is 1.